The van der Waals surface area contributed by atoms with Gasteiger partial charge in [-0.05, 0) is 0 Å². The molecule has 0 aromatic heterocycles. The van der Waals surface area contributed by atoms with Crippen molar-refractivity contribution in [2.24, 2.45) is 0 Å². The van der Waals surface area contributed by atoms with Gasteiger partial charge in [0.15, 0.2) is 0 Å². The third-order valence-electron chi connectivity index (χ3n) is 4.73. The van der Waals surface area contributed by atoms with Gasteiger partial charge < -0.3 is 0 Å². The van der Waals surface area contributed by atoms with E-state index in [9.17, 15) is 15.0 Å². The summed E-state index contributed by atoms with van der Waals surface area (Å²) in [5.41, 5.74) is 1.46. The molecule has 1 aliphatic rings. The molecule has 3 nitrogen and oxygen atoms in total. The molecule has 0 atom stereocenters. The fraction of sp³-hybridized carbons (Fsp3) is 0.235. The summed E-state index contributed by atoms with van der Waals surface area (Å²) >= 11 is -2.74. The Balaban J connectivity index is 2.40. The monoisotopic (exact) mass is 344 g/mol. The molecule has 1 aliphatic heterocycles. The van der Waals surface area contributed by atoms with Crippen LogP contribution >= 0.6 is 0 Å². The molecule has 4 heteroatoms. The summed E-state index contributed by atoms with van der Waals surface area (Å²) in [5.74, 6) is 0.423. The van der Waals surface area contributed by atoms with E-state index in [1.54, 1.807) is 36.4 Å². The molecule has 0 amide bonds. The standard InChI is InChI=1S/C17H18GeO3/c1-3-18(4-2)15-9-11(19)5-7-13(15)17(21)14-8-6-12(20)10-16(14)18/h5-10,19-20H,3-4H2,1-2H3. The zero-order valence-corrected chi connectivity index (χ0v) is 14.3. The Hall–Kier alpha value is -1.75. The number of carbonyl (C=O) groups excluding carboxylic acids is 1. The Labute approximate surface area is 126 Å². The minimum atomic E-state index is -2.74. The zero-order chi connectivity index (χ0) is 15.2. The topological polar surface area (TPSA) is 57.5 Å². The SMILES string of the molecule is C[CH2][Ge]1([CH2]C)[c]2cc(O)ccc2C(=O)c2ccc(O)c[c]21. The molecule has 21 heavy (non-hydrogen) atoms. The zero-order valence-electron chi connectivity index (χ0n) is 12.2. The van der Waals surface area contributed by atoms with Crippen molar-refractivity contribution in [2.45, 2.75) is 24.4 Å². The fourth-order valence-electron chi connectivity index (χ4n) is 3.55. The second kappa shape index (κ2) is 4.91. The number of hydrogen-bond donors (Lipinski definition) is 2. The molecular formula is C17H18GeO3. The molecule has 0 unspecified atom stereocenters. The van der Waals surface area contributed by atoms with E-state index in [0.29, 0.717) is 0 Å². The van der Waals surface area contributed by atoms with E-state index in [1.165, 1.54) is 0 Å². The molecular weight excluding hydrogens is 325 g/mol. The van der Waals surface area contributed by atoms with Crippen molar-refractivity contribution in [2.75, 3.05) is 0 Å². The van der Waals surface area contributed by atoms with Gasteiger partial charge in [0.2, 0.25) is 0 Å². The molecule has 108 valence electrons. The van der Waals surface area contributed by atoms with Gasteiger partial charge in [0, 0.05) is 0 Å². The molecule has 0 aliphatic carbocycles. The van der Waals surface area contributed by atoms with E-state index in [1.807, 2.05) is 0 Å². The van der Waals surface area contributed by atoms with Crippen molar-refractivity contribution >= 4 is 27.8 Å². The minimum absolute atomic E-state index is 0.00292. The number of rotatable bonds is 2. The molecule has 2 aromatic rings. The Kier molecular flexibility index (Phi) is 3.32. The fourth-order valence-corrected chi connectivity index (χ4v) is 13.2. The van der Waals surface area contributed by atoms with Crippen LogP contribution in [0.15, 0.2) is 36.4 Å². The van der Waals surface area contributed by atoms with Crippen molar-refractivity contribution in [3.8, 4) is 11.5 Å². The summed E-state index contributed by atoms with van der Waals surface area (Å²) in [5, 5.41) is 21.7. The molecule has 1 heterocycles. The molecule has 0 saturated carbocycles. The van der Waals surface area contributed by atoms with E-state index in [-0.39, 0.29) is 17.3 Å². The molecule has 0 radical (unpaired) electrons. The van der Waals surface area contributed by atoms with Crippen LogP contribution in [0.5, 0.6) is 11.5 Å². The first-order valence-electron chi connectivity index (χ1n) is 7.25. The molecule has 0 spiro atoms. The molecule has 0 bridgehead atoms. The predicted molar refractivity (Wildman–Crippen MR) is 85.6 cm³/mol. The number of phenolic OH excluding ortho intramolecular Hbond substituents is 2. The normalized spacial score (nSPS) is 15.4. The summed E-state index contributed by atoms with van der Waals surface area (Å²) in [7, 11) is 0. The van der Waals surface area contributed by atoms with Crippen LogP contribution in [0.25, 0.3) is 0 Å². The van der Waals surface area contributed by atoms with Crippen LogP contribution in [0.3, 0.4) is 0 Å². The third kappa shape index (κ3) is 1.91. The van der Waals surface area contributed by atoms with Crippen LogP contribution in [0.4, 0.5) is 0 Å². The number of phenols is 2. The third-order valence-corrected chi connectivity index (χ3v) is 15.9. The van der Waals surface area contributed by atoms with Crippen LogP contribution in [-0.2, 0) is 0 Å². The molecule has 0 saturated heterocycles. The summed E-state index contributed by atoms with van der Waals surface area (Å²) in [6.07, 6.45) is 0. The van der Waals surface area contributed by atoms with Gasteiger partial charge in [-0.3, -0.25) is 0 Å². The van der Waals surface area contributed by atoms with Crippen LogP contribution in [0.2, 0.25) is 10.5 Å². The van der Waals surface area contributed by atoms with Crippen molar-refractivity contribution in [1.82, 2.24) is 0 Å². The maximum atomic E-state index is 12.7. The Bertz CT molecular complexity index is 675. The number of fused-ring (bicyclic) bond motifs is 2. The number of hydrogen-bond acceptors (Lipinski definition) is 3. The number of benzene rings is 2. The van der Waals surface area contributed by atoms with Crippen molar-refractivity contribution in [1.29, 1.82) is 0 Å². The first-order chi connectivity index (χ1) is 10.0. The van der Waals surface area contributed by atoms with Gasteiger partial charge in [0.1, 0.15) is 0 Å². The number of ketones is 1. The van der Waals surface area contributed by atoms with Gasteiger partial charge in [0.25, 0.3) is 0 Å². The van der Waals surface area contributed by atoms with E-state index >= 15 is 0 Å². The van der Waals surface area contributed by atoms with Crippen LogP contribution in [-0.4, -0.2) is 29.3 Å². The Morgan fingerprint density at radius 2 is 1.29 bits per heavy atom. The quantitative estimate of drug-likeness (QED) is 0.823. The van der Waals surface area contributed by atoms with Gasteiger partial charge in [-0.1, -0.05) is 0 Å². The summed E-state index contributed by atoms with van der Waals surface area (Å²) < 4.78 is 2.09. The van der Waals surface area contributed by atoms with Gasteiger partial charge in [-0.15, -0.1) is 0 Å². The Morgan fingerprint density at radius 3 is 1.67 bits per heavy atom. The van der Waals surface area contributed by atoms with Crippen LogP contribution < -0.4 is 8.79 Å². The number of aromatic hydroxyl groups is 2. The van der Waals surface area contributed by atoms with Crippen molar-refractivity contribution in [3.05, 3.63) is 47.5 Å². The molecule has 2 aromatic carbocycles. The van der Waals surface area contributed by atoms with Gasteiger partial charge >= 0.3 is 126 Å². The van der Waals surface area contributed by atoms with Crippen molar-refractivity contribution in [3.63, 3.8) is 0 Å². The summed E-state index contributed by atoms with van der Waals surface area (Å²) in [6, 6.07) is 10.2. The molecule has 3 rings (SSSR count). The molecule has 2 N–H and O–H groups in total. The van der Waals surface area contributed by atoms with E-state index < -0.39 is 13.3 Å². The predicted octanol–water partition coefficient (Wildman–Crippen LogP) is 2.25. The maximum absolute atomic E-state index is 12.7. The Morgan fingerprint density at radius 1 is 0.857 bits per heavy atom. The van der Waals surface area contributed by atoms with Crippen LogP contribution in [0, 0.1) is 0 Å². The van der Waals surface area contributed by atoms with Gasteiger partial charge in [-0.2, -0.15) is 0 Å². The number of carbonyl (C=O) groups is 1. The second-order valence-electron chi connectivity index (χ2n) is 5.58. The van der Waals surface area contributed by atoms with Gasteiger partial charge in [-0.25, -0.2) is 0 Å². The second-order valence-corrected chi connectivity index (χ2v) is 15.3. The first-order valence-corrected chi connectivity index (χ1v) is 12.3. The summed E-state index contributed by atoms with van der Waals surface area (Å²) in [6.45, 7) is 4.31. The average Bonchev–Trinajstić information content (AvgIpc) is 2.48. The van der Waals surface area contributed by atoms with E-state index in [2.05, 4.69) is 13.8 Å². The van der Waals surface area contributed by atoms with Gasteiger partial charge in [0.05, 0.1) is 0 Å². The summed E-state index contributed by atoms with van der Waals surface area (Å²) in [4.78, 5) is 12.7. The average molecular weight is 343 g/mol. The van der Waals surface area contributed by atoms with Crippen molar-refractivity contribution < 1.29 is 15.0 Å². The van der Waals surface area contributed by atoms with E-state index in [4.69, 9.17) is 0 Å². The first kappa shape index (κ1) is 14.2. The van der Waals surface area contributed by atoms with Crippen LogP contribution in [0.1, 0.15) is 29.8 Å². The van der Waals surface area contributed by atoms with E-state index in [0.717, 1.165) is 30.4 Å². The molecule has 0 fully saturated rings.